The molecule has 1 fully saturated rings. The van der Waals surface area contributed by atoms with Crippen molar-refractivity contribution in [3.63, 3.8) is 0 Å². The molecule has 1 unspecified atom stereocenters. The number of carboxylic acid groups (broad SMARTS) is 1. The Morgan fingerprint density at radius 2 is 1.51 bits per heavy atom. The molecule has 1 aliphatic heterocycles. The van der Waals surface area contributed by atoms with Crippen molar-refractivity contribution in [2.75, 3.05) is 6.54 Å². The fraction of sp³-hybridized carbons (Fsp3) is 0.345. The smallest absolute Gasteiger partial charge is 0.435 e. The van der Waals surface area contributed by atoms with Gasteiger partial charge in [0, 0.05) is 18.2 Å². The third-order valence-corrected chi connectivity index (χ3v) is 11.0. The van der Waals surface area contributed by atoms with Crippen molar-refractivity contribution < 1.29 is 54.2 Å². The minimum absolute atomic E-state index is 0.0437. The highest BCUT2D eigenvalue weighted by Crippen LogP contribution is 2.57. The number of aliphatic hydroxyl groups is 1. The number of aryl methyl sites for hydroxylation is 1. The topological polar surface area (TPSA) is 94.9 Å². The van der Waals surface area contributed by atoms with E-state index in [9.17, 15) is 54.2 Å². The summed E-state index contributed by atoms with van der Waals surface area (Å²) in [6.07, 6.45) is -14.6. The second-order valence-corrected chi connectivity index (χ2v) is 12.8. The SMILES string of the molecule is O=C(O)c1ccc(C(O)N2CC[C@@]3(S(=O)(=O)c4ccccc4)c4ccc(C(F)(C(F)(F)F)C(F)(F)F)cc4CC[C@@H]23)cc1. The molecule has 5 rings (SSSR count). The third kappa shape index (κ3) is 4.61. The van der Waals surface area contributed by atoms with Crippen molar-refractivity contribution in [3.8, 4) is 0 Å². The van der Waals surface area contributed by atoms with Gasteiger partial charge in [-0.05, 0) is 60.2 Å². The molecular formula is C29H24F7NO5S. The van der Waals surface area contributed by atoms with Crippen LogP contribution in [0.5, 0.6) is 0 Å². The molecule has 0 saturated carbocycles. The van der Waals surface area contributed by atoms with E-state index in [0.717, 1.165) is 6.07 Å². The number of aromatic carboxylic acids is 1. The Hall–Kier alpha value is -3.49. The van der Waals surface area contributed by atoms with Gasteiger partial charge in [-0.25, -0.2) is 17.6 Å². The van der Waals surface area contributed by atoms with E-state index in [2.05, 4.69) is 0 Å². The van der Waals surface area contributed by atoms with Gasteiger partial charge in [-0.3, -0.25) is 4.90 Å². The molecular weight excluding hydrogens is 607 g/mol. The van der Waals surface area contributed by atoms with E-state index < -0.39 is 56.4 Å². The Kier molecular flexibility index (Phi) is 7.42. The summed E-state index contributed by atoms with van der Waals surface area (Å²) in [5.74, 6) is -1.20. The van der Waals surface area contributed by atoms with Gasteiger partial charge in [0.25, 0.3) is 0 Å². The number of likely N-dealkylation sites (tertiary alicyclic amines) is 1. The summed E-state index contributed by atoms with van der Waals surface area (Å²) in [5.41, 5.74) is -7.44. The van der Waals surface area contributed by atoms with Gasteiger partial charge in [-0.1, -0.05) is 48.5 Å². The first-order valence-electron chi connectivity index (χ1n) is 13.0. The number of rotatable bonds is 6. The fourth-order valence-electron chi connectivity index (χ4n) is 6.36. The number of carbonyl (C=O) groups is 1. The van der Waals surface area contributed by atoms with Crippen molar-refractivity contribution in [3.05, 3.63) is 101 Å². The lowest BCUT2D eigenvalue weighted by Crippen LogP contribution is -2.52. The van der Waals surface area contributed by atoms with Gasteiger partial charge in [0.1, 0.15) is 11.0 Å². The van der Waals surface area contributed by atoms with Gasteiger partial charge in [0.2, 0.25) is 0 Å². The zero-order valence-corrected chi connectivity index (χ0v) is 22.8. The number of alkyl halides is 7. The molecule has 3 aromatic carbocycles. The van der Waals surface area contributed by atoms with Gasteiger partial charge in [0.05, 0.1) is 10.5 Å². The zero-order chi connectivity index (χ0) is 31.6. The third-order valence-electron chi connectivity index (χ3n) is 8.41. The van der Waals surface area contributed by atoms with Gasteiger partial charge in [0.15, 0.2) is 9.84 Å². The van der Waals surface area contributed by atoms with E-state index in [0.29, 0.717) is 12.1 Å². The van der Waals surface area contributed by atoms with Crippen molar-refractivity contribution in [1.29, 1.82) is 0 Å². The average molecular weight is 632 g/mol. The number of nitrogens with zero attached hydrogens (tertiary/aromatic N) is 1. The van der Waals surface area contributed by atoms with E-state index in [1.807, 2.05) is 0 Å². The van der Waals surface area contributed by atoms with Crippen LogP contribution in [-0.4, -0.2) is 54.4 Å². The summed E-state index contributed by atoms with van der Waals surface area (Å²) >= 11 is 0. The lowest BCUT2D eigenvalue weighted by Gasteiger charge is -2.44. The Labute approximate surface area is 241 Å². The van der Waals surface area contributed by atoms with Crippen LogP contribution in [0.2, 0.25) is 0 Å². The second kappa shape index (κ2) is 10.3. The maximum absolute atomic E-state index is 15.0. The van der Waals surface area contributed by atoms with Crippen molar-refractivity contribution in [2.45, 2.75) is 59.2 Å². The fourth-order valence-corrected chi connectivity index (χ4v) is 8.75. The predicted molar refractivity (Wildman–Crippen MR) is 138 cm³/mol. The summed E-state index contributed by atoms with van der Waals surface area (Å²) in [6.45, 7) is -0.0437. The highest BCUT2D eigenvalue weighted by atomic mass is 32.2. The first-order valence-corrected chi connectivity index (χ1v) is 14.5. The highest BCUT2D eigenvalue weighted by Gasteiger charge is 2.73. The molecule has 230 valence electrons. The molecule has 43 heavy (non-hydrogen) atoms. The number of sulfone groups is 1. The first-order chi connectivity index (χ1) is 20.0. The number of hydrogen-bond donors (Lipinski definition) is 2. The first kappa shape index (κ1) is 31.0. The number of aliphatic hydroxyl groups excluding tert-OH is 1. The van der Waals surface area contributed by atoms with Gasteiger partial charge >= 0.3 is 24.0 Å². The van der Waals surface area contributed by atoms with Crippen LogP contribution in [-0.2, 0) is 26.7 Å². The Morgan fingerprint density at radius 3 is 2.07 bits per heavy atom. The molecule has 0 aromatic heterocycles. The van der Waals surface area contributed by atoms with E-state index in [4.69, 9.17) is 0 Å². The minimum atomic E-state index is -6.34. The number of halogens is 7. The molecule has 3 aromatic rings. The van der Waals surface area contributed by atoms with Crippen LogP contribution in [0.1, 0.15) is 51.7 Å². The second-order valence-electron chi connectivity index (χ2n) is 10.6. The van der Waals surface area contributed by atoms with Crippen molar-refractivity contribution in [1.82, 2.24) is 4.90 Å². The van der Waals surface area contributed by atoms with Crippen LogP contribution in [0.15, 0.2) is 77.7 Å². The molecule has 0 radical (unpaired) electrons. The Balaban J connectivity index is 1.67. The molecule has 6 nitrogen and oxygen atoms in total. The number of carboxylic acids is 1. The Bertz CT molecular complexity index is 1630. The van der Waals surface area contributed by atoms with Gasteiger partial charge < -0.3 is 10.2 Å². The molecule has 14 heteroatoms. The minimum Gasteiger partial charge on any atom is -0.478 e. The summed E-state index contributed by atoms with van der Waals surface area (Å²) in [7, 11) is -4.41. The lowest BCUT2D eigenvalue weighted by molar-refractivity contribution is -0.348. The molecule has 2 N–H and O–H groups in total. The monoisotopic (exact) mass is 631 g/mol. The van der Waals surface area contributed by atoms with Crippen LogP contribution in [0.25, 0.3) is 0 Å². The van der Waals surface area contributed by atoms with Crippen LogP contribution in [0, 0.1) is 0 Å². The van der Waals surface area contributed by atoms with Crippen LogP contribution < -0.4 is 0 Å². The quantitative estimate of drug-likeness (QED) is 0.322. The van der Waals surface area contributed by atoms with Gasteiger partial charge in [-0.2, -0.15) is 26.3 Å². The molecule has 1 heterocycles. The van der Waals surface area contributed by atoms with Crippen LogP contribution in [0.3, 0.4) is 0 Å². The zero-order valence-electron chi connectivity index (χ0n) is 22.0. The van der Waals surface area contributed by atoms with Crippen LogP contribution in [0.4, 0.5) is 30.7 Å². The van der Waals surface area contributed by atoms with Crippen molar-refractivity contribution in [2.24, 2.45) is 0 Å². The molecule has 0 bridgehead atoms. The molecule has 1 aliphatic carbocycles. The number of benzene rings is 3. The number of hydrogen-bond acceptors (Lipinski definition) is 5. The molecule has 1 saturated heterocycles. The van der Waals surface area contributed by atoms with E-state index in [1.54, 1.807) is 6.07 Å². The van der Waals surface area contributed by atoms with Gasteiger partial charge in [-0.15, -0.1) is 0 Å². The lowest BCUT2D eigenvalue weighted by atomic mass is 9.76. The number of fused-ring (bicyclic) bond motifs is 3. The summed E-state index contributed by atoms with van der Waals surface area (Å²) in [5, 5.41) is 20.5. The summed E-state index contributed by atoms with van der Waals surface area (Å²) < 4.78 is 123. The standard InChI is InChI=1S/C29H24F7NO5S/c30-27(28(31,32)33,29(34,35)36)20-11-12-22-19(16-20)10-13-23-26(22,43(41,42)21-4-2-1-3-5-21)14-15-37(23)24(38)17-6-8-18(9-7-17)25(39)40/h1-9,11-12,16,23-24,38H,10,13-15H2,(H,39,40)/t23-,24?,26-/m1/s1. The normalized spacial score (nSPS) is 22.1. The molecule has 0 spiro atoms. The van der Waals surface area contributed by atoms with Crippen LogP contribution >= 0.6 is 0 Å². The Morgan fingerprint density at radius 1 is 0.907 bits per heavy atom. The maximum atomic E-state index is 15.0. The maximum Gasteiger partial charge on any atom is 0.435 e. The molecule has 2 aliphatic rings. The van der Waals surface area contributed by atoms with E-state index in [-0.39, 0.29) is 53.0 Å². The summed E-state index contributed by atoms with van der Waals surface area (Å²) in [6, 6.07) is 12.9. The highest BCUT2D eigenvalue weighted by molar-refractivity contribution is 7.92. The van der Waals surface area contributed by atoms with E-state index >= 15 is 0 Å². The largest absolute Gasteiger partial charge is 0.478 e. The average Bonchev–Trinajstić information content (AvgIpc) is 3.37. The van der Waals surface area contributed by atoms with E-state index in [1.165, 1.54) is 53.4 Å². The molecule has 0 amide bonds. The molecule has 3 atom stereocenters. The summed E-state index contributed by atoms with van der Waals surface area (Å²) in [4.78, 5) is 12.6. The van der Waals surface area contributed by atoms with Crippen molar-refractivity contribution >= 4 is 15.8 Å². The predicted octanol–water partition coefficient (Wildman–Crippen LogP) is 6.06.